The fourth-order valence-electron chi connectivity index (χ4n) is 1.24. The van der Waals surface area contributed by atoms with E-state index in [2.05, 4.69) is 11.3 Å². The molecule has 0 radical (unpaired) electrons. The summed E-state index contributed by atoms with van der Waals surface area (Å²) in [5.74, 6) is -0.508. The molecule has 0 bridgehead atoms. The molecule has 0 N–H and O–H groups in total. The average molecular weight is 221 g/mol. The van der Waals surface area contributed by atoms with Crippen molar-refractivity contribution in [1.29, 1.82) is 0 Å². The molecular weight excluding hydrogens is 210 g/mol. The third-order valence-electron chi connectivity index (χ3n) is 2.01. The van der Waals surface area contributed by atoms with Gasteiger partial charge in [-0.1, -0.05) is 18.7 Å². The topological polar surface area (TPSA) is 69.4 Å². The molecular formula is C11H11NO4. The first-order chi connectivity index (χ1) is 7.54. The van der Waals surface area contributed by atoms with Crippen LogP contribution in [0.5, 0.6) is 0 Å². The van der Waals surface area contributed by atoms with Gasteiger partial charge < -0.3 is 4.74 Å². The van der Waals surface area contributed by atoms with Gasteiger partial charge in [-0.05, 0) is 5.56 Å². The van der Waals surface area contributed by atoms with Crippen molar-refractivity contribution in [2.45, 2.75) is 6.42 Å². The van der Waals surface area contributed by atoms with Crippen molar-refractivity contribution in [3.63, 3.8) is 0 Å². The number of hydrogen-bond donors (Lipinski definition) is 0. The Bertz CT molecular complexity index is 439. The minimum Gasteiger partial charge on any atom is -0.466 e. The number of nitro groups is 1. The highest BCUT2D eigenvalue weighted by Crippen LogP contribution is 2.15. The quantitative estimate of drug-likeness (QED) is 0.337. The highest BCUT2D eigenvalue weighted by atomic mass is 16.6. The number of benzene rings is 1. The van der Waals surface area contributed by atoms with Crippen LogP contribution in [-0.2, 0) is 16.0 Å². The van der Waals surface area contributed by atoms with Crippen molar-refractivity contribution in [1.82, 2.24) is 0 Å². The van der Waals surface area contributed by atoms with Crippen LogP contribution in [-0.4, -0.2) is 18.0 Å². The summed E-state index contributed by atoms with van der Waals surface area (Å²) in [5.41, 5.74) is 0.919. The standard InChI is InChI=1S/C11H11NO4/c1-8(11(13)16-2)6-9-4-3-5-10(7-9)12(14)15/h3-5,7H,1,6H2,2H3. The van der Waals surface area contributed by atoms with E-state index in [9.17, 15) is 14.9 Å². The van der Waals surface area contributed by atoms with Gasteiger partial charge in [0.2, 0.25) is 0 Å². The average Bonchev–Trinajstić information content (AvgIpc) is 2.28. The summed E-state index contributed by atoms with van der Waals surface area (Å²) in [7, 11) is 1.26. The van der Waals surface area contributed by atoms with Gasteiger partial charge in [0, 0.05) is 24.1 Å². The molecule has 0 amide bonds. The molecule has 0 unspecified atom stereocenters. The Kier molecular flexibility index (Phi) is 3.77. The Morgan fingerprint density at radius 3 is 2.81 bits per heavy atom. The van der Waals surface area contributed by atoms with Crippen LogP contribution in [0.25, 0.3) is 0 Å². The van der Waals surface area contributed by atoms with Gasteiger partial charge in [-0.3, -0.25) is 10.1 Å². The second kappa shape index (κ2) is 5.06. The van der Waals surface area contributed by atoms with Gasteiger partial charge in [0.05, 0.1) is 12.0 Å². The van der Waals surface area contributed by atoms with Gasteiger partial charge in [0.15, 0.2) is 0 Å². The molecule has 0 aliphatic rings. The molecule has 16 heavy (non-hydrogen) atoms. The molecule has 5 nitrogen and oxygen atoms in total. The first kappa shape index (κ1) is 11.9. The van der Waals surface area contributed by atoms with Gasteiger partial charge in [0.25, 0.3) is 5.69 Å². The van der Waals surface area contributed by atoms with Crippen LogP contribution in [0, 0.1) is 10.1 Å². The number of carbonyl (C=O) groups excluding carboxylic acids is 1. The highest BCUT2D eigenvalue weighted by Gasteiger charge is 2.10. The molecule has 0 heterocycles. The molecule has 0 atom stereocenters. The second-order valence-corrected chi connectivity index (χ2v) is 3.20. The lowest BCUT2D eigenvalue weighted by atomic mass is 10.1. The zero-order valence-corrected chi connectivity index (χ0v) is 8.80. The van der Waals surface area contributed by atoms with E-state index in [1.807, 2.05) is 0 Å². The smallest absolute Gasteiger partial charge is 0.333 e. The van der Waals surface area contributed by atoms with E-state index >= 15 is 0 Å². The van der Waals surface area contributed by atoms with Gasteiger partial charge in [-0.2, -0.15) is 0 Å². The lowest BCUT2D eigenvalue weighted by molar-refractivity contribution is -0.384. The number of methoxy groups -OCH3 is 1. The lowest BCUT2D eigenvalue weighted by Gasteiger charge is -2.03. The first-order valence-electron chi connectivity index (χ1n) is 4.54. The normalized spacial score (nSPS) is 9.56. The summed E-state index contributed by atoms with van der Waals surface area (Å²) in [6.45, 7) is 3.55. The summed E-state index contributed by atoms with van der Waals surface area (Å²) in [5, 5.41) is 10.5. The third-order valence-corrected chi connectivity index (χ3v) is 2.01. The Balaban J connectivity index is 2.82. The van der Waals surface area contributed by atoms with Crippen LogP contribution in [0.4, 0.5) is 5.69 Å². The Labute approximate surface area is 92.5 Å². The largest absolute Gasteiger partial charge is 0.466 e. The van der Waals surface area contributed by atoms with Crippen LogP contribution < -0.4 is 0 Å². The van der Waals surface area contributed by atoms with Crippen molar-refractivity contribution in [2.24, 2.45) is 0 Å². The molecule has 1 aromatic rings. The van der Waals surface area contributed by atoms with E-state index in [-0.39, 0.29) is 17.7 Å². The molecule has 1 aromatic carbocycles. The van der Waals surface area contributed by atoms with E-state index < -0.39 is 10.9 Å². The number of non-ortho nitro benzene ring substituents is 1. The van der Waals surface area contributed by atoms with Gasteiger partial charge in [0.1, 0.15) is 0 Å². The van der Waals surface area contributed by atoms with Crippen molar-refractivity contribution in [3.05, 3.63) is 52.1 Å². The van der Waals surface area contributed by atoms with E-state index in [4.69, 9.17) is 0 Å². The monoisotopic (exact) mass is 221 g/mol. The van der Waals surface area contributed by atoms with Gasteiger partial charge in [-0.15, -0.1) is 0 Å². The Morgan fingerprint density at radius 2 is 2.25 bits per heavy atom. The number of carbonyl (C=O) groups is 1. The molecule has 1 rings (SSSR count). The minimum atomic E-state index is -0.508. The lowest BCUT2D eigenvalue weighted by Crippen LogP contribution is -2.06. The second-order valence-electron chi connectivity index (χ2n) is 3.20. The van der Waals surface area contributed by atoms with Crippen LogP contribution in [0.2, 0.25) is 0 Å². The van der Waals surface area contributed by atoms with E-state index in [1.54, 1.807) is 12.1 Å². The predicted molar refractivity (Wildman–Crippen MR) is 58.0 cm³/mol. The van der Waals surface area contributed by atoms with E-state index in [0.717, 1.165) is 0 Å². The molecule has 0 aliphatic heterocycles. The maximum Gasteiger partial charge on any atom is 0.333 e. The van der Waals surface area contributed by atoms with Crippen molar-refractivity contribution >= 4 is 11.7 Å². The fraction of sp³-hybridized carbons (Fsp3) is 0.182. The SMILES string of the molecule is C=C(Cc1cccc([N+](=O)[O-])c1)C(=O)OC. The predicted octanol–water partition coefficient (Wildman–Crippen LogP) is 1.87. The summed E-state index contributed by atoms with van der Waals surface area (Å²) in [6, 6.07) is 6.07. The van der Waals surface area contributed by atoms with Gasteiger partial charge in [-0.25, -0.2) is 4.79 Å². The molecule has 0 saturated heterocycles. The Morgan fingerprint density at radius 1 is 1.56 bits per heavy atom. The number of rotatable bonds is 4. The molecule has 84 valence electrons. The van der Waals surface area contributed by atoms with Crippen molar-refractivity contribution in [2.75, 3.05) is 7.11 Å². The molecule has 5 heteroatoms. The number of nitrogens with zero attached hydrogens (tertiary/aromatic N) is 1. The molecule has 0 fully saturated rings. The third kappa shape index (κ3) is 2.91. The Hall–Kier alpha value is -2.17. The zero-order valence-electron chi connectivity index (χ0n) is 8.80. The van der Waals surface area contributed by atoms with Crippen molar-refractivity contribution in [3.8, 4) is 0 Å². The fourth-order valence-corrected chi connectivity index (χ4v) is 1.24. The van der Waals surface area contributed by atoms with Crippen LogP contribution in [0.15, 0.2) is 36.4 Å². The number of hydrogen-bond acceptors (Lipinski definition) is 4. The molecule has 0 spiro atoms. The number of nitro benzene ring substituents is 1. The molecule has 0 aliphatic carbocycles. The summed E-state index contributed by atoms with van der Waals surface area (Å²) < 4.78 is 4.49. The van der Waals surface area contributed by atoms with Crippen LogP contribution in [0.1, 0.15) is 5.56 Å². The summed E-state index contributed by atoms with van der Waals surface area (Å²) in [6.07, 6.45) is 0.244. The summed E-state index contributed by atoms with van der Waals surface area (Å²) >= 11 is 0. The van der Waals surface area contributed by atoms with E-state index in [0.29, 0.717) is 5.56 Å². The minimum absolute atomic E-state index is 0.00448. The maximum atomic E-state index is 11.1. The van der Waals surface area contributed by atoms with Crippen LogP contribution >= 0.6 is 0 Å². The number of ether oxygens (including phenoxy) is 1. The first-order valence-corrected chi connectivity index (χ1v) is 4.54. The molecule has 0 aromatic heterocycles. The van der Waals surface area contributed by atoms with Crippen LogP contribution in [0.3, 0.4) is 0 Å². The zero-order chi connectivity index (χ0) is 12.1. The number of esters is 1. The van der Waals surface area contributed by atoms with Gasteiger partial charge >= 0.3 is 5.97 Å². The van der Waals surface area contributed by atoms with E-state index in [1.165, 1.54) is 19.2 Å². The molecule has 0 saturated carbocycles. The maximum absolute atomic E-state index is 11.1. The van der Waals surface area contributed by atoms with Crippen molar-refractivity contribution < 1.29 is 14.5 Å². The highest BCUT2D eigenvalue weighted by molar-refractivity contribution is 5.88. The summed E-state index contributed by atoms with van der Waals surface area (Å²) in [4.78, 5) is 21.1.